The van der Waals surface area contributed by atoms with E-state index in [0.717, 1.165) is 0 Å². The van der Waals surface area contributed by atoms with Gasteiger partial charge >= 0.3 is 0 Å². The van der Waals surface area contributed by atoms with Crippen LogP contribution in [-0.4, -0.2) is 18.8 Å². The monoisotopic (exact) mass is 213 g/mol. The third-order valence-electron chi connectivity index (χ3n) is 2.37. The summed E-state index contributed by atoms with van der Waals surface area (Å²) in [6, 6.07) is 4.06. The summed E-state index contributed by atoms with van der Waals surface area (Å²) in [5, 5.41) is 10.1. The van der Waals surface area contributed by atoms with Crippen molar-refractivity contribution in [2.45, 2.75) is 18.9 Å². The molecule has 1 unspecified atom stereocenters. The van der Waals surface area contributed by atoms with Crippen molar-refractivity contribution >= 4 is 0 Å². The van der Waals surface area contributed by atoms with E-state index in [1.54, 1.807) is 6.92 Å². The number of hydrogen-bond acceptors (Lipinski definition) is 3. The predicted octanol–water partition coefficient (Wildman–Crippen LogP) is 1.39. The van der Waals surface area contributed by atoms with Crippen LogP contribution in [-0.2, 0) is 5.60 Å². The van der Waals surface area contributed by atoms with E-state index in [9.17, 15) is 9.50 Å². The summed E-state index contributed by atoms with van der Waals surface area (Å²) in [4.78, 5) is 0. The summed E-state index contributed by atoms with van der Waals surface area (Å²) >= 11 is 0. The molecular formula is C11H16FNO2. The van der Waals surface area contributed by atoms with Gasteiger partial charge < -0.3 is 15.6 Å². The third-order valence-corrected chi connectivity index (χ3v) is 2.37. The smallest absolute Gasteiger partial charge is 0.125 e. The molecule has 0 aliphatic heterocycles. The Labute approximate surface area is 88.7 Å². The van der Waals surface area contributed by atoms with Crippen molar-refractivity contribution in [3.63, 3.8) is 0 Å². The fraction of sp³-hybridized carbons (Fsp3) is 0.455. The van der Waals surface area contributed by atoms with Gasteiger partial charge in [-0.1, -0.05) is 0 Å². The summed E-state index contributed by atoms with van der Waals surface area (Å²) in [7, 11) is 1.48. The highest BCUT2D eigenvalue weighted by Gasteiger charge is 2.26. The molecule has 0 saturated carbocycles. The summed E-state index contributed by atoms with van der Waals surface area (Å²) in [6.07, 6.45) is 0.354. The van der Waals surface area contributed by atoms with Gasteiger partial charge in [0.15, 0.2) is 0 Å². The zero-order chi connectivity index (χ0) is 11.5. The largest absolute Gasteiger partial charge is 0.496 e. The van der Waals surface area contributed by atoms with Crippen molar-refractivity contribution in [3.05, 3.63) is 29.6 Å². The van der Waals surface area contributed by atoms with Crippen LogP contribution < -0.4 is 10.5 Å². The minimum absolute atomic E-state index is 0.326. The fourth-order valence-corrected chi connectivity index (χ4v) is 1.52. The maximum absolute atomic E-state index is 13.1. The number of nitrogens with two attached hydrogens (primary N) is 1. The van der Waals surface area contributed by atoms with E-state index in [0.29, 0.717) is 24.3 Å². The second-order valence-electron chi connectivity index (χ2n) is 3.66. The lowest BCUT2D eigenvalue weighted by atomic mass is 9.91. The Balaban J connectivity index is 3.15. The molecule has 1 rings (SSSR count). The molecule has 4 heteroatoms. The van der Waals surface area contributed by atoms with Crippen LogP contribution in [0.3, 0.4) is 0 Å². The van der Waals surface area contributed by atoms with Gasteiger partial charge in [0, 0.05) is 5.56 Å². The van der Waals surface area contributed by atoms with Crippen LogP contribution in [0.25, 0.3) is 0 Å². The van der Waals surface area contributed by atoms with Gasteiger partial charge in [0.2, 0.25) is 0 Å². The van der Waals surface area contributed by atoms with Crippen molar-refractivity contribution in [2.24, 2.45) is 5.73 Å². The molecule has 1 atom stereocenters. The molecule has 1 aromatic carbocycles. The number of rotatable bonds is 4. The molecule has 0 spiro atoms. The molecule has 0 aromatic heterocycles. The third kappa shape index (κ3) is 2.67. The Hall–Kier alpha value is -1.13. The van der Waals surface area contributed by atoms with Gasteiger partial charge in [-0.15, -0.1) is 0 Å². The van der Waals surface area contributed by atoms with Crippen molar-refractivity contribution < 1.29 is 14.2 Å². The quantitative estimate of drug-likeness (QED) is 0.794. The van der Waals surface area contributed by atoms with Crippen LogP contribution in [0.15, 0.2) is 18.2 Å². The first-order valence-corrected chi connectivity index (χ1v) is 4.77. The van der Waals surface area contributed by atoms with E-state index in [1.165, 1.54) is 25.3 Å². The molecule has 0 aliphatic carbocycles. The van der Waals surface area contributed by atoms with E-state index >= 15 is 0 Å². The minimum Gasteiger partial charge on any atom is -0.496 e. The number of hydrogen-bond donors (Lipinski definition) is 2. The normalized spacial score (nSPS) is 14.7. The number of methoxy groups -OCH3 is 1. The van der Waals surface area contributed by atoms with Gasteiger partial charge in [-0.05, 0) is 38.1 Å². The summed E-state index contributed by atoms with van der Waals surface area (Å²) < 4.78 is 18.1. The Morgan fingerprint density at radius 1 is 1.53 bits per heavy atom. The fourth-order valence-electron chi connectivity index (χ4n) is 1.52. The van der Waals surface area contributed by atoms with Crippen LogP contribution in [0.1, 0.15) is 18.9 Å². The second kappa shape index (κ2) is 4.59. The molecule has 15 heavy (non-hydrogen) atoms. The summed E-state index contributed by atoms with van der Waals surface area (Å²) in [6.45, 7) is 1.92. The van der Waals surface area contributed by atoms with E-state index in [1.807, 2.05) is 0 Å². The zero-order valence-corrected chi connectivity index (χ0v) is 8.96. The van der Waals surface area contributed by atoms with Crippen LogP contribution in [0.2, 0.25) is 0 Å². The highest BCUT2D eigenvalue weighted by molar-refractivity contribution is 5.38. The van der Waals surface area contributed by atoms with E-state index in [2.05, 4.69) is 0 Å². The van der Waals surface area contributed by atoms with Gasteiger partial charge in [0.05, 0.1) is 12.7 Å². The van der Waals surface area contributed by atoms with Crippen molar-refractivity contribution in [2.75, 3.05) is 13.7 Å². The van der Waals surface area contributed by atoms with Gasteiger partial charge in [0.25, 0.3) is 0 Å². The summed E-state index contributed by atoms with van der Waals surface area (Å²) in [5.41, 5.74) is 4.65. The lowest BCUT2D eigenvalue weighted by Gasteiger charge is -2.25. The lowest BCUT2D eigenvalue weighted by molar-refractivity contribution is 0.0475. The Bertz CT molecular complexity index is 339. The topological polar surface area (TPSA) is 55.5 Å². The van der Waals surface area contributed by atoms with Crippen molar-refractivity contribution in [1.82, 2.24) is 0 Å². The Morgan fingerprint density at radius 3 is 2.73 bits per heavy atom. The summed E-state index contributed by atoms with van der Waals surface area (Å²) in [5.74, 6) is 0.0675. The molecule has 0 radical (unpaired) electrons. The maximum Gasteiger partial charge on any atom is 0.125 e. The molecule has 0 saturated heterocycles. The van der Waals surface area contributed by atoms with Crippen LogP contribution in [0.5, 0.6) is 5.75 Å². The van der Waals surface area contributed by atoms with E-state index < -0.39 is 11.4 Å². The SMILES string of the molecule is COc1ccc(F)cc1C(C)(O)CCN. The van der Waals surface area contributed by atoms with Gasteiger partial charge in [-0.25, -0.2) is 4.39 Å². The van der Waals surface area contributed by atoms with Crippen LogP contribution >= 0.6 is 0 Å². The molecule has 0 bridgehead atoms. The number of halogens is 1. The predicted molar refractivity (Wildman–Crippen MR) is 56.2 cm³/mol. The average molecular weight is 213 g/mol. The molecule has 3 nitrogen and oxygen atoms in total. The molecule has 1 aromatic rings. The first kappa shape index (κ1) is 11.9. The highest BCUT2D eigenvalue weighted by atomic mass is 19.1. The van der Waals surface area contributed by atoms with E-state index in [-0.39, 0.29) is 0 Å². The molecule has 3 N–H and O–H groups in total. The molecule has 0 heterocycles. The molecular weight excluding hydrogens is 197 g/mol. The number of ether oxygens (including phenoxy) is 1. The minimum atomic E-state index is -1.16. The second-order valence-corrected chi connectivity index (χ2v) is 3.66. The Morgan fingerprint density at radius 2 is 2.20 bits per heavy atom. The molecule has 84 valence electrons. The molecule has 0 amide bonds. The van der Waals surface area contributed by atoms with Gasteiger partial charge in [-0.2, -0.15) is 0 Å². The van der Waals surface area contributed by atoms with Crippen molar-refractivity contribution in [3.8, 4) is 5.75 Å². The zero-order valence-electron chi connectivity index (χ0n) is 8.96. The standard InChI is InChI=1S/C11H16FNO2/c1-11(14,5-6-13)9-7-8(12)3-4-10(9)15-2/h3-4,7,14H,5-6,13H2,1-2H3. The van der Waals surface area contributed by atoms with Gasteiger partial charge in [-0.3, -0.25) is 0 Å². The first-order chi connectivity index (χ1) is 7.01. The number of benzene rings is 1. The van der Waals surface area contributed by atoms with E-state index in [4.69, 9.17) is 10.5 Å². The Kier molecular flexibility index (Phi) is 3.66. The maximum atomic E-state index is 13.1. The average Bonchev–Trinajstić information content (AvgIpc) is 2.17. The molecule has 0 aliphatic rings. The lowest BCUT2D eigenvalue weighted by Crippen LogP contribution is -2.25. The van der Waals surface area contributed by atoms with Crippen molar-refractivity contribution in [1.29, 1.82) is 0 Å². The highest BCUT2D eigenvalue weighted by Crippen LogP contribution is 2.32. The molecule has 0 fully saturated rings. The van der Waals surface area contributed by atoms with Crippen LogP contribution in [0, 0.1) is 5.82 Å². The van der Waals surface area contributed by atoms with Gasteiger partial charge in [0.1, 0.15) is 11.6 Å². The first-order valence-electron chi connectivity index (χ1n) is 4.77. The van der Waals surface area contributed by atoms with Crippen LogP contribution in [0.4, 0.5) is 4.39 Å². The number of aliphatic hydroxyl groups is 1.